The summed E-state index contributed by atoms with van der Waals surface area (Å²) in [7, 11) is 3.71. The second-order valence-electron chi connectivity index (χ2n) is 3.15. The third-order valence-electron chi connectivity index (χ3n) is 1.65. The summed E-state index contributed by atoms with van der Waals surface area (Å²) in [6.45, 7) is 1.94. The van der Waals surface area contributed by atoms with Crippen LogP contribution >= 0.6 is 23.2 Å². The topological polar surface area (TPSA) is 41.4 Å². The summed E-state index contributed by atoms with van der Waals surface area (Å²) in [5.41, 5.74) is 0.752. The largest absolute Gasteiger partial charge is 0.369 e. The van der Waals surface area contributed by atoms with Gasteiger partial charge in [-0.05, 0) is 6.42 Å². The van der Waals surface area contributed by atoms with Gasteiger partial charge in [-0.3, -0.25) is 0 Å². The quantitative estimate of drug-likeness (QED) is 0.468. The molecule has 4 nitrogen and oxygen atoms in total. The van der Waals surface area contributed by atoms with Gasteiger partial charge in [0.1, 0.15) is 10.3 Å². The molecule has 6 heteroatoms. The zero-order valence-electron chi connectivity index (χ0n) is 8.83. The van der Waals surface area contributed by atoms with E-state index in [1.807, 2.05) is 21.0 Å². The predicted octanol–water partition coefficient (Wildman–Crippen LogP) is 2.57. The molecule has 0 spiro atoms. The van der Waals surface area contributed by atoms with Crippen molar-refractivity contribution in [2.75, 3.05) is 14.1 Å². The van der Waals surface area contributed by atoms with Crippen molar-refractivity contribution < 1.29 is 0 Å². The maximum absolute atomic E-state index is 5.93. The Hall–Kier alpha value is -0.870. The van der Waals surface area contributed by atoms with E-state index in [0.29, 0.717) is 16.7 Å². The number of hydrogen-bond acceptors (Lipinski definition) is 3. The van der Waals surface area contributed by atoms with E-state index in [-0.39, 0.29) is 5.95 Å². The van der Waals surface area contributed by atoms with E-state index in [2.05, 4.69) is 15.0 Å². The van der Waals surface area contributed by atoms with E-state index in [4.69, 9.17) is 23.2 Å². The molecule has 0 amide bonds. The average Bonchev–Trinajstić information content (AvgIpc) is 2.14. The Kier molecular flexibility index (Phi) is 4.29. The molecule has 0 aliphatic rings. The van der Waals surface area contributed by atoms with Crippen LogP contribution in [0.2, 0.25) is 10.3 Å². The molecule has 0 radical (unpaired) electrons. The molecule has 1 aromatic rings. The molecular formula is C9H12Cl2N4. The van der Waals surface area contributed by atoms with Gasteiger partial charge in [0.2, 0.25) is 0 Å². The first-order valence-electron chi connectivity index (χ1n) is 4.47. The average molecular weight is 247 g/mol. The van der Waals surface area contributed by atoms with E-state index in [1.165, 1.54) is 0 Å². The van der Waals surface area contributed by atoms with Crippen molar-refractivity contribution in [3.8, 4) is 0 Å². The third kappa shape index (κ3) is 3.32. The zero-order valence-corrected chi connectivity index (χ0v) is 10.3. The number of hydrogen-bond donors (Lipinski definition) is 0. The van der Waals surface area contributed by atoms with Crippen molar-refractivity contribution in [2.24, 2.45) is 4.99 Å². The highest BCUT2D eigenvalue weighted by molar-refractivity contribution is 6.34. The van der Waals surface area contributed by atoms with Gasteiger partial charge in [-0.25, -0.2) is 4.99 Å². The number of rotatable bonds is 3. The SMILES string of the molecule is CCc1c(Cl)nc(N=CN(C)C)nc1Cl. The van der Waals surface area contributed by atoms with Crippen molar-refractivity contribution in [3.63, 3.8) is 0 Å². The van der Waals surface area contributed by atoms with E-state index < -0.39 is 0 Å². The Morgan fingerprint density at radius 1 is 1.27 bits per heavy atom. The summed E-state index contributed by atoms with van der Waals surface area (Å²) >= 11 is 11.9. The number of nitrogens with zero attached hydrogens (tertiary/aromatic N) is 4. The molecule has 0 aliphatic carbocycles. The normalized spacial score (nSPS) is 11.0. The van der Waals surface area contributed by atoms with Crippen LogP contribution in [0.3, 0.4) is 0 Å². The third-order valence-corrected chi connectivity index (χ3v) is 2.28. The Morgan fingerprint density at radius 3 is 2.20 bits per heavy atom. The molecule has 15 heavy (non-hydrogen) atoms. The van der Waals surface area contributed by atoms with Crippen molar-refractivity contribution in [3.05, 3.63) is 15.9 Å². The molecule has 0 unspecified atom stereocenters. The maximum atomic E-state index is 5.93. The number of aliphatic imine (C=N–C) groups is 1. The van der Waals surface area contributed by atoms with Crippen LogP contribution in [-0.2, 0) is 6.42 Å². The van der Waals surface area contributed by atoms with E-state index in [0.717, 1.165) is 5.56 Å². The minimum Gasteiger partial charge on any atom is -0.369 e. The highest BCUT2D eigenvalue weighted by Gasteiger charge is 2.08. The molecule has 0 N–H and O–H groups in total. The van der Waals surface area contributed by atoms with Gasteiger partial charge >= 0.3 is 0 Å². The molecule has 0 aromatic carbocycles. The molecule has 0 fully saturated rings. The van der Waals surface area contributed by atoms with Crippen LogP contribution in [-0.4, -0.2) is 35.3 Å². The highest BCUT2D eigenvalue weighted by atomic mass is 35.5. The lowest BCUT2D eigenvalue weighted by molar-refractivity contribution is 0.642. The molecule has 0 bridgehead atoms. The molecule has 0 atom stereocenters. The summed E-state index contributed by atoms with van der Waals surface area (Å²) in [5.74, 6) is 0.274. The molecule has 1 aromatic heterocycles. The fourth-order valence-electron chi connectivity index (χ4n) is 0.937. The van der Waals surface area contributed by atoms with Crippen LogP contribution in [0.4, 0.5) is 5.95 Å². The Balaban J connectivity index is 3.03. The second kappa shape index (κ2) is 5.28. The molecule has 82 valence electrons. The first-order chi connectivity index (χ1) is 7.04. The fourth-order valence-corrected chi connectivity index (χ4v) is 1.58. The van der Waals surface area contributed by atoms with Crippen LogP contribution in [0, 0.1) is 0 Å². The minimum absolute atomic E-state index is 0.274. The molecule has 0 saturated carbocycles. The fraction of sp³-hybridized carbons (Fsp3) is 0.444. The summed E-state index contributed by atoms with van der Waals surface area (Å²) < 4.78 is 0. The smallest absolute Gasteiger partial charge is 0.253 e. The van der Waals surface area contributed by atoms with Gasteiger partial charge in [0.15, 0.2) is 0 Å². The van der Waals surface area contributed by atoms with Gasteiger partial charge in [0.25, 0.3) is 5.95 Å². The van der Waals surface area contributed by atoms with Gasteiger partial charge in [-0.2, -0.15) is 9.97 Å². The van der Waals surface area contributed by atoms with Crippen molar-refractivity contribution in [2.45, 2.75) is 13.3 Å². The van der Waals surface area contributed by atoms with Gasteiger partial charge < -0.3 is 4.90 Å². The van der Waals surface area contributed by atoms with Crippen molar-refractivity contribution in [1.29, 1.82) is 0 Å². The zero-order chi connectivity index (χ0) is 11.4. The Labute approximate surface area is 99.0 Å². The molecule has 0 aliphatic heterocycles. The molecule has 1 heterocycles. The van der Waals surface area contributed by atoms with E-state index in [9.17, 15) is 0 Å². The lowest BCUT2D eigenvalue weighted by atomic mass is 10.3. The molecule has 1 rings (SSSR count). The summed E-state index contributed by atoms with van der Waals surface area (Å²) in [6.07, 6.45) is 2.29. The number of halogens is 2. The van der Waals surface area contributed by atoms with Crippen molar-refractivity contribution >= 4 is 35.5 Å². The Bertz CT molecular complexity index is 353. The predicted molar refractivity (Wildman–Crippen MR) is 63.3 cm³/mol. The van der Waals surface area contributed by atoms with Gasteiger partial charge in [-0.1, -0.05) is 30.1 Å². The number of aromatic nitrogens is 2. The monoisotopic (exact) mass is 246 g/mol. The first-order valence-corrected chi connectivity index (χ1v) is 5.22. The van der Waals surface area contributed by atoms with Crippen LogP contribution in [0.25, 0.3) is 0 Å². The summed E-state index contributed by atoms with van der Waals surface area (Å²) in [5, 5.41) is 0.729. The van der Waals surface area contributed by atoms with Crippen LogP contribution in [0.15, 0.2) is 4.99 Å². The van der Waals surface area contributed by atoms with Crippen LogP contribution < -0.4 is 0 Å². The minimum atomic E-state index is 0.274. The maximum Gasteiger partial charge on any atom is 0.253 e. The van der Waals surface area contributed by atoms with Gasteiger partial charge in [0, 0.05) is 19.7 Å². The van der Waals surface area contributed by atoms with Gasteiger partial charge in [0.05, 0.1) is 6.34 Å². The lowest BCUT2D eigenvalue weighted by Gasteiger charge is -2.04. The summed E-state index contributed by atoms with van der Waals surface area (Å²) in [4.78, 5) is 13.8. The Morgan fingerprint density at radius 2 is 1.80 bits per heavy atom. The first kappa shape index (κ1) is 12.2. The summed E-state index contributed by atoms with van der Waals surface area (Å²) in [6, 6.07) is 0. The second-order valence-corrected chi connectivity index (χ2v) is 3.86. The van der Waals surface area contributed by atoms with E-state index >= 15 is 0 Å². The van der Waals surface area contributed by atoms with Gasteiger partial charge in [-0.15, -0.1) is 0 Å². The molecule has 0 saturated heterocycles. The van der Waals surface area contributed by atoms with Crippen molar-refractivity contribution in [1.82, 2.24) is 14.9 Å². The van der Waals surface area contributed by atoms with E-state index in [1.54, 1.807) is 11.2 Å². The lowest BCUT2D eigenvalue weighted by Crippen LogP contribution is -2.07. The van der Waals surface area contributed by atoms with Crippen LogP contribution in [0.1, 0.15) is 12.5 Å². The molecular weight excluding hydrogens is 235 g/mol. The standard InChI is InChI=1S/C9H12Cl2N4/c1-4-6-7(10)13-9(14-8(6)11)12-5-15(2)3/h5H,4H2,1-3H3. The van der Waals surface area contributed by atoms with Crippen LogP contribution in [0.5, 0.6) is 0 Å². The highest BCUT2D eigenvalue weighted by Crippen LogP contribution is 2.23.